The molecule has 0 aliphatic heterocycles. The Morgan fingerprint density at radius 3 is 2.29 bits per heavy atom. The van der Waals surface area contributed by atoms with Crippen molar-refractivity contribution in [2.45, 2.75) is 49.4 Å². The van der Waals surface area contributed by atoms with Crippen molar-refractivity contribution in [2.75, 3.05) is 6.61 Å². The van der Waals surface area contributed by atoms with Crippen molar-refractivity contribution >= 4 is 11.8 Å². The van der Waals surface area contributed by atoms with Gasteiger partial charge in [-0.2, -0.15) is 0 Å². The van der Waals surface area contributed by atoms with Gasteiger partial charge in [-0.25, -0.2) is 0 Å². The van der Waals surface area contributed by atoms with Crippen molar-refractivity contribution < 1.29 is 10.2 Å². The lowest BCUT2D eigenvalue weighted by molar-refractivity contribution is 0.0403. The molecule has 0 aromatic heterocycles. The zero-order chi connectivity index (χ0) is 12.9. The van der Waals surface area contributed by atoms with Gasteiger partial charge in [0.1, 0.15) is 0 Å². The average Bonchev–Trinajstić information content (AvgIpc) is 2.26. The normalized spacial score (nSPS) is 14.9. The predicted octanol–water partition coefficient (Wildman–Crippen LogP) is 3.17. The van der Waals surface area contributed by atoms with Gasteiger partial charge in [0.05, 0.1) is 5.60 Å². The lowest BCUT2D eigenvalue weighted by Gasteiger charge is -2.23. The van der Waals surface area contributed by atoms with Crippen molar-refractivity contribution in [3.63, 3.8) is 0 Å². The number of rotatable bonds is 6. The van der Waals surface area contributed by atoms with Crippen molar-refractivity contribution in [3.8, 4) is 0 Å². The molecule has 0 fully saturated rings. The highest BCUT2D eigenvalue weighted by atomic mass is 32.2. The molecule has 1 aromatic carbocycles. The molecule has 0 heterocycles. The zero-order valence-electron chi connectivity index (χ0n) is 10.8. The minimum absolute atomic E-state index is 0.122. The van der Waals surface area contributed by atoms with E-state index in [4.69, 9.17) is 5.11 Å². The minimum atomic E-state index is -0.843. The van der Waals surface area contributed by atoms with Gasteiger partial charge in [0.15, 0.2) is 0 Å². The Kier molecular flexibility index (Phi) is 5.50. The molecule has 2 N–H and O–H groups in total. The second-order valence-corrected chi connectivity index (χ2v) is 6.44. The maximum atomic E-state index is 10.3. The summed E-state index contributed by atoms with van der Waals surface area (Å²) in [5.74, 6) is 0. The molecule has 0 saturated carbocycles. The van der Waals surface area contributed by atoms with Crippen LogP contribution in [-0.4, -0.2) is 22.1 Å². The van der Waals surface area contributed by atoms with E-state index in [9.17, 15) is 5.11 Å². The molecule has 1 atom stereocenters. The molecule has 0 aliphatic carbocycles. The van der Waals surface area contributed by atoms with Crippen LogP contribution in [0.1, 0.15) is 39.2 Å². The maximum Gasteiger partial charge on any atom is 0.0869 e. The third kappa shape index (κ3) is 4.70. The highest BCUT2D eigenvalue weighted by molar-refractivity contribution is 7.99. The summed E-state index contributed by atoms with van der Waals surface area (Å²) in [7, 11) is 0. The highest BCUT2D eigenvalue weighted by Crippen LogP contribution is 2.29. The van der Waals surface area contributed by atoms with Crippen LogP contribution >= 0.6 is 11.8 Å². The molecule has 0 radical (unpaired) electrons. The molecule has 1 rings (SSSR count). The molecule has 1 unspecified atom stereocenters. The van der Waals surface area contributed by atoms with Gasteiger partial charge in [0.2, 0.25) is 0 Å². The molecule has 3 heteroatoms. The smallest absolute Gasteiger partial charge is 0.0869 e. The number of aliphatic hydroxyl groups excluding tert-OH is 1. The van der Waals surface area contributed by atoms with Gasteiger partial charge in [0.25, 0.3) is 0 Å². The molecule has 0 spiro atoms. The average molecular weight is 254 g/mol. The number of benzene rings is 1. The Labute approximate surface area is 108 Å². The second kappa shape index (κ2) is 6.43. The molecular weight excluding hydrogens is 232 g/mol. The van der Waals surface area contributed by atoms with Crippen LogP contribution < -0.4 is 0 Å². The molecule has 0 saturated heterocycles. The van der Waals surface area contributed by atoms with Crippen LogP contribution in [0, 0.1) is 0 Å². The summed E-state index contributed by atoms with van der Waals surface area (Å²) >= 11 is 1.81. The predicted molar refractivity (Wildman–Crippen MR) is 73.3 cm³/mol. The number of hydrogen-bond donors (Lipinski definition) is 2. The Morgan fingerprint density at radius 1 is 1.24 bits per heavy atom. The van der Waals surface area contributed by atoms with E-state index in [2.05, 4.69) is 13.8 Å². The summed E-state index contributed by atoms with van der Waals surface area (Å²) in [6, 6.07) is 8.05. The van der Waals surface area contributed by atoms with Gasteiger partial charge in [-0.15, -0.1) is 11.8 Å². The van der Waals surface area contributed by atoms with E-state index in [-0.39, 0.29) is 6.61 Å². The zero-order valence-corrected chi connectivity index (χ0v) is 11.6. The summed E-state index contributed by atoms with van der Waals surface area (Å²) in [5, 5.41) is 19.6. The van der Waals surface area contributed by atoms with Crippen LogP contribution in [0.5, 0.6) is 0 Å². The first kappa shape index (κ1) is 14.6. The van der Waals surface area contributed by atoms with Gasteiger partial charge in [-0.05, 0) is 37.5 Å². The van der Waals surface area contributed by atoms with Crippen LogP contribution in [0.2, 0.25) is 0 Å². The fourth-order valence-electron chi connectivity index (χ4n) is 1.73. The molecule has 2 nitrogen and oxygen atoms in total. The monoisotopic (exact) mass is 254 g/mol. The van der Waals surface area contributed by atoms with Crippen LogP contribution in [0.4, 0.5) is 0 Å². The molecular formula is C14H22O2S. The van der Waals surface area contributed by atoms with Crippen molar-refractivity contribution in [2.24, 2.45) is 0 Å². The van der Waals surface area contributed by atoms with E-state index in [1.165, 1.54) is 4.90 Å². The summed E-state index contributed by atoms with van der Waals surface area (Å²) in [4.78, 5) is 1.22. The summed E-state index contributed by atoms with van der Waals surface area (Å²) in [6.07, 6.45) is 1.20. The van der Waals surface area contributed by atoms with Crippen molar-refractivity contribution in [3.05, 3.63) is 29.8 Å². The Morgan fingerprint density at radius 2 is 1.82 bits per heavy atom. The standard InChI is InChI=1S/C14H22O2S/c1-11(2)17-13-7-5-12(6-8-13)14(3,16)9-4-10-15/h5-8,11,15-16H,4,9-10H2,1-3H3. The molecule has 1 aromatic rings. The van der Waals surface area contributed by atoms with E-state index < -0.39 is 5.60 Å². The Bertz CT molecular complexity index is 331. The molecule has 17 heavy (non-hydrogen) atoms. The number of thioether (sulfide) groups is 1. The summed E-state index contributed by atoms with van der Waals surface area (Å²) in [5.41, 5.74) is 0.0723. The molecule has 0 amide bonds. The highest BCUT2D eigenvalue weighted by Gasteiger charge is 2.22. The van der Waals surface area contributed by atoms with E-state index in [0.29, 0.717) is 18.1 Å². The van der Waals surface area contributed by atoms with E-state index in [1.807, 2.05) is 36.0 Å². The lowest BCUT2D eigenvalue weighted by atomic mass is 9.91. The van der Waals surface area contributed by atoms with Crippen LogP contribution in [0.15, 0.2) is 29.2 Å². The van der Waals surface area contributed by atoms with Gasteiger partial charge in [-0.1, -0.05) is 26.0 Å². The quantitative estimate of drug-likeness (QED) is 0.766. The minimum Gasteiger partial charge on any atom is -0.396 e. The molecule has 0 aliphatic rings. The van der Waals surface area contributed by atoms with Gasteiger partial charge in [-0.3, -0.25) is 0 Å². The SMILES string of the molecule is CC(C)Sc1ccc(C(C)(O)CCCO)cc1. The fraction of sp³-hybridized carbons (Fsp3) is 0.571. The Hall–Kier alpha value is -0.510. The third-order valence-corrected chi connectivity index (χ3v) is 3.69. The topological polar surface area (TPSA) is 40.5 Å². The molecule has 0 bridgehead atoms. The Balaban J connectivity index is 2.72. The first-order valence-electron chi connectivity index (χ1n) is 6.06. The number of hydrogen-bond acceptors (Lipinski definition) is 3. The fourth-order valence-corrected chi connectivity index (χ4v) is 2.57. The van der Waals surface area contributed by atoms with Crippen molar-refractivity contribution in [1.82, 2.24) is 0 Å². The van der Waals surface area contributed by atoms with Gasteiger partial charge < -0.3 is 10.2 Å². The van der Waals surface area contributed by atoms with E-state index >= 15 is 0 Å². The lowest BCUT2D eigenvalue weighted by Crippen LogP contribution is -2.21. The summed E-state index contributed by atoms with van der Waals surface area (Å²) < 4.78 is 0. The summed E-state index contributed by atoms with van der Waals surface area (Å²) in [6.45, 7) is 6.25. The largest absolute Gasteiger partial charge is 0.396 e. The van der Waals surface area contributed by atoms with Gasteiger partial charge >= 0.3 is 0 Å². The van der Waals surface area contributed by atoms with E-state index in [1.54, 1.807) is 6.92 Å². The first-order chi connectivity index (χ1) is 7.95. The number of aliphatic hydroxyl groups is 2. The van der Waals surface area contributed by atoms with E-state index in [0.717, 1.165) is 5.56 Å². The molecule has 96 valence electrons. The first-order valence-corrected chi connectivity index (χ1v) is 6.94. The van der Waals surface area contributed by atoms with Crippen molar-refractivity contribution in [1.29, 1.82) is 0 Å². The van der Waals surface area contributed by atoms with Gasteiger partial charge in [0, 0.05) is 16.8 Å². The second-order valence-electron chi connectivity index (χ2n) is 4.79. The van der Waals surface area contributed by atoms with Crippen LogP contribution in [0.25, 0.3) is 0 Å². The van der Waals surface area contributed by atoms with Crippen LogP contribution in [0.3, 0.4) is 0 Å². The van der Waals surface area contributed by atoms with Crippen LogP contribution in [-0.2, 0) is 5.60 Å². The maximum absolute atomic E-state index is 10.3. The third-order valence-electron chi connectivity index (χ3n) is 2.67.